The Kier molecular flexibility index (Phi) is 32.2. The molecule has 6 N–H and O–H groups in total. The number of rotatable bonds is 33. The molecule has 0 bridgehead atoms. The van der Waals surface area contributed by atoms with E-state index in [0.29, 0.717) is 13.0 Å². The molecular formula is C45H73O12P. The molecule has 0 aromatic carbocycles. The number of carbonyl (C=O) groups is 1. The molecule has 1 rings (SSSR count). The van der Waals surface area contributed by atoms with Gasteiger partial charge in [-0.3, -0.25) is 13.8 Å². The number of carbonyl (C=O) groups excluding carboxylic acids is 1. The van der Waals surface area contributed by atoms with Crippen molar-refractivity contribution in [3.63, 3.8) is 0 Å². The molecule has 6 atom stereocenters. The molecule has 0 heterocycles. The van der Waals surface area contributed by atoms with E-state index in [-0.39, 0.29) is 13.0 Å². The predicted molar refractivity (Wildman–Crippen MR) is 230 cm³/mol. The van der Waals surface area contributed by atoms with Gasteiger partial charge >= 0.3 is 13.8 Å². The van der Waals surface area contributed by atoms with Crippen molar-refractivity contribution in [1.82, 2.24) is 0 Å². The van der Waals surface area contributed by atoms with Gasteiger partial charge in [0.25, 0.3) is 0 Å². The number of hydrogen-bond acceptors (Lipinski definition) is 11. The maximum atomic E-state index is 12.8. The summed E-state index contributed by atoms with van der Waals surface area (Å²) >= 11 is 0. The van der Waals surface area contributed by atoms with Crippen LogP contribution in [-0.4, -0.2) is 98.9 Å². The van der Waals surface area contributed by atoms with Crippen LogP contribution in [0.3, 0.4) is 0 Å². The van der Waals surface area contributed by atoms with Crippen molar-refractivity contribution in [3.05, 3.63) is 97.2 Å². The average Bonchev–Trinajstić information content (AvgIpc) is 3.21. The summed E-state index contributed by atoms with van der Waals surface area (Å²) in [6.45, 7) is 3.87. The molecule has 1 fully saturated rings. The highest BCUT2D eigenvalue weighted by Crippen LogP contribution is 2.47. The van der Waals surface area contributed by atoms with Crippen LogP contribution in [0.15, 0.2) is 97.2 Å². The largest absolute Gasteiger partial charge is 0.472 e. The fourth-order valence-electron chi connectivity index (χ4n) is 5.65. The van der Waals surface area contributed by atoms with E-state index in [9.17, 15) is 39.8 Å². The lowest BCUT2D eigenvalue weighted by Gasteiger charge is -2.41. The maximum absolute atomic E-state index is 12.8. The number of phosphoric acid groups is 1. The van der Waals surface area contributed by atoms with Crippen LogP contribution < -0.4 is 0 Å². The van der Waals surface area contributed by atoms with Gasteiger partial charge in [-0.05, 0) is 77.0 Å². The predicted octanol–water partition coefficient (Wildman–Crippen LogP) is 7.97. The number of esters is 1. The Morgan fingerprint density at radius 2 is 0.966 bits per heavy atom. The third kappa shape index (κ3) is 27.1. The van der Waals surface area contributed by atoms with Gasteiger partial charge in [0.1, 0.15) is 42.7 Å². The van der Waals surface area contributed by atoms with Crippen molar-refractivity contribution in [2.45, 2.75) is 159 Å². The normalized spacial score (nSPS) is 23.7. The third-order valence-electron chi connectivity index (χ3n) is 8.97. The van der Waals surface area contributed by atoms with Gasteiger partial charge < -0.3 is 39.9 Å². The molecule has 6 unspecified atom stereocenters. The smallest absolute Gasteiger partial charge is 0.457 e. The second-order valence-electron chi connectivity index (χ2n) is 14.1. The minimum Gasteiger partial charge on any atom is -0.457 e. The van der Waals surface area contributed by atoms with Crippen molar-refractivity contribution in [3.8, 4) is 0 Å². The molecule has 0 amide bonds. The summed E-state index contributed by atoms with van der Waals surface area (Å²) in [6.07, 6.45) is 35.0. The Labute approximate surface area is 347 Å². The van der Waals surface area contributed by atoms with E-state index in [1.165, 1.54) is 0 Å². The van der Waals surface area contributed by atoms with Gasteiger partial charge in [-0.2, -0.15) is 0 Å². The summed E-state index contributed by atoms with van der Waals surface area (Å²) in [5.41, 5.74) is 0. The maximum Gasteiger partial charge on any atom is 0.472 e. The molecule has 0 radical (unpaired) electrons. The number of hydrogen-bond donors (Lipinski definition) is 6. The van der Waals surface area contributed by atoms with Gasteiger partial charge in [0, 0.05) is 13.0 Å². The molecular weight excluding hydrogens is 763 g/mol. The summed E-state index contributed by atoms with van der Waals surface area (Å²) in [7, 11) is -5.05. The zero-order chi connectivity index (χ0) is 42.7. The van der Waals surface area contributed by atoms with Crippen LogP contribution >= 0.6 is 7.82 Å². The summed E-state index contributed by atoms with van der Waals surface area (Å²) < 4.78 is 34.0. The van der Waals surface area contributed by atoms with E-state index in [1.54, 1.807) is 0 Å². The summed E-state index contributed by atoms with van der Waals surface area (Å²) in [6, 6.07) is 0. The minimum atomic E-state index is -5.05. The first-order valence-electron chi connectivity index (χ1n) is 21.1. The highest BCUT2D eigenvalue weighted by Gasteiger charge is 2.51. The third-order valence-corrected chi connectivity index (χ3v) is 9.95. The zero-order valence-electron chi connectivity index (χ0n) is 34.8. The first-order valence-corrected chi connectivity index (χ1v) is 22.6. The lowest BCUT2D eigenvalue weighted by Crippen LogP contribution is -2.64. The van der Waals surface area contributed by atoms with Gasteiger partial charge in [-0.25, -0.2) is 4.57 Å². The Balaban J connectivity index is 2.50. The molecule has 1 saturated carbocycles. The molecule has 0 aromatic heterocycles. The van der Waals surface area contributed by atoms with Crippen LogP contribution in [0.2, 0.25) is 0 Å². The van der Waals surface area contributed by atoms with E-state index >= 15 is 0 Å². The lowest BCUT2D eigenvalue weighted by atomic mass is 9.85. The second kappa shape index (κ2) is 35.1. The zero-order valence-corrected chi connectivity index (χ0v) is 35.7. The molecule has 330 valence electrons. The molecule has 0 spiro atoms. The van der Waals surface area contributed by atoms with E-state index in [2.05, 4.69) is 92.8 Å². The van der Waals surface area contributed by atoms with E-state index in [1.807, 2.05) is 18.2 Å². The summed E-state index contributed by atoms with van der Waals surface area (Å²) in [5, 5.41) is 50.1. The molecule has 0 aromatic rings. The van der Waals surface area contributed by atoms with Gasteiger partial charge in [-0.15, -0.1) is 0 Å². The fraction of sp³-hybridized carbons (Fsp3) is 0.622. The van der Waals surface area contributed by atoms with Gasteiger partial charge in [0.2, 0.25) is 0 Å². The highest BCUT2D eigenvalue weighted by atomic mass is 31.2. The standard InChI is InChI=1S/C45H73O12P/c1-3-5-7-9-11-13-15-17-18-19-20-21-23-25-27-29-31-33-35-54-36-38(37-55-58(52,53)57-45-43(50)41(48)40(47)42(49)44(45)51)56-39(46)34-32-30-28-26-24-22-16-14-12-10-8-6-4-2/h5-8,11-14,17-18,20-22,24,28,30,38,40-45,47-51H,3-4,9-10,15-16,19,23,25-27,29,31-37H2,1-2H3,(H,52,53)/b7-5-,8-6-,13-11-,14-12-,18-17-,21-20-,24-22-,30-28-. The fourth-order valence-corrected chi connectivity index (χ4v) is 6.62. The van der Waals surface area contributed by atoms with E-state index in [4.69, 9.17) is 18.5 Å². The van der Waals surface area contributed by atoms with Gasteiger partial charge in [0.15, 0.2) is 0 Å². The van der Waals surface area contributed by atoms with Crippen molar-refractivity contribution >= 4 is 13.8 Å². The Morgan fingerprint density at radius 3 is 1.47 bits per heavy atom. The van der Waals surface area contributed by atoms with Gasteiger partial charge in [-0.1, -0.05) is 130 Å². The van der Waals surface area contributed by atoms with Crippen LogP contribution in [0, 0.1) is 0 Å². The number of phosphoric ester groups is 1. The Morgan fingerprint density at radius 1 is 0.552 bits per heavy atom. The van der Waals surface area contributed by atoms with Gasteiger partial charge in [0.05, 0.1) is 13.2 Å². The number of unbranched alkanes of at least 4 members (excludes halogenated alkanes) is 5. The van der Waals surface area contributed by atoms with E-state index in [0.717, 1.165) is 89.9 Å². The van der Waals surface area contributed by atoms with Crippen molar-refractivity contribution in [1.29, 1.82) is 0 Å². The number of ether oxygens (including phenoxy) is 2. The first-order chi connectivity index (χ1) is 28.0. The Hall–Kier alpha value is -2.74. The first kappa shape index (κ1) is 53.3. The van der Waals surface area contributed by atoms with Crippen LogP contribution in [0.5, 0.6) is 0 Å². The quantitative estimate of drug-likeness (QED) is 0.0162. The minimum absolute atomic E-state index is 0.0531. The number of allylic oxidation sites excluding steroid dienone is 16. The molecule has 1 aliphatic rings. The molecule has 12 nitrogen and oxygen atoms in total. The molecule has 0 saturated heterocycles. The molecule has 1 aliphatic carbocycles. The second-order valence-corrected chi connectivity index (χ2v) is 15.5. The van der Waals surface area contributed by atoms with Crippen LogP contribution in [-0.2, 0) is 27.9 Å². The summed E-state index contributed by atoms with van der Waals surface area (Å²) in [5.74, 6) is -0.569. The topological polar surface area (TPSA) is 192 Å². The molecule has 13 heteroatoms. The Bertz CT molecular complexity index is 1320. The summed E-state index contributed by atoms with van der Waals surface area (Å²) in [4.78, 5) is 23.0. The van der Waals surface area contributed by atoms with Crippen LogP contribution in [0.4, 0.5) is 0 Å². The van der Waals surface area contributed by atoms with Crippen LogP contribution in [0.25, 0.3) is 0 Å². The highest BCUT2D eigenvalue weighted by molar-refractivity contribution is 7.47. The molecule has 58 heavy (non-hydrogen) atoms. The molecule has 0 aliphatic heterocycles. The van der Waals surface area contributed by atoms with Crippen molar-refractivity contribution in [2.75, 3.05) is 19.8 Å². The van der Waals surface area contributed by atoms with Crippen molar-refractivity contribution in [2.24, 2.45) is 0 Å². The number of aliphatic hydroxyl groups excluding tert-OH is 5. The lowest BCUT2D eigenvalue weighted by molar-refractivity contribution is -0.220. The van der Waals surface area contributed by atoms with Crippen LogP contribution in [0.1, 0.15) is 117 Å². The van der Waals surface area contributed by atoms with E-state index < -0.39 is 63.1 Å². The number of aliphatic hydroxyl groups is 5. The monoisotopic (exact) mass is 836 g/mol. The SMILES string of the molecule is CC/C=C\C/C=C\C/C=C\C/C=C\CCCCCCCOCC(COP(=O)(O)OC1C(O)C(O)C(O)C(O)C1O)OC(=O)CC/C=C\C/C=C\C/C=C\C/C=C\CC. The van der Waals surface area contributed by atoms with Crippen molar-refractivity contribution < 1.29 is 58.3 Å². The average molecular weight is 837 g/mol.